The fourth-order valence-corrected chi connectivity index (χ4v) is 1.59. The quantitative estimate of drug-likeness (QED) is 0.509. The van der Waals surface area contributed by atoms with Crippen LogP contribution in [-0.4, -0.2) is 11.1 Å². The van der Waals surface area contributed by atoms with Crippen molar-refractivity contribution in [3.05, 3.63) is 61.2 Å². The number of hydrogen-bond donors (Lipinski definition) is 1. The van der Waals surface area contributed by atoms with Crippen LogP contribution >= 0.6 is 0 Å². The first-order chi connectivity index (χ1) is 8.70. The van der Waals surface area contributed by atoms with Crippen LogP contribution in [0.2, 0.25) is 0 Å². The predicted octanol–water partition coefficient (Wildman–Crippen LogP) is 3.15. The van der Waals surface area contributed by atoms with E-state index in [1.54, 1.807) is 36.4 Å². The molecule has 3 heteroatoms. The molecule has 0 unspecified atom stereocenters. The molecule has 0 aliphatic carbocycles. The highest BCUT2D eigenvalue weighted by atomic mass is 16.5. The molecule has 3 nitrogen and oxygen atoms in total. The summed E-state index contributed by atoms with van der Waals surface area (Å²) in [6, 6.07) is 13.9. The number of ether oxygens (including phenoxy) is 1. The van der Waals surface area contributed by atoms with Gasteiger partial charge >= 0.3 is 5.97 Å². The highest BCUT2D eigenvalue weighted by Gasteiger charge is 2.08. The number of rotatable bonds is 3. The molecule has 2 aromatic rings. The number of esters is 1. The molecular weight excluding hydrogens is 228 g/mol. The van der Waals surface area contributed by atoms with E-state index >= 15 is 0 Å². The van der Waals surface area contributed by atoms with Gasteiger partial charge in [0.1, 0.15) is 11.5 Å². The first-order valence-corrected chi connectivity index (χ1v) is 5.43. The summed E-state index contributed by atoms with van der Waals surface area (Å²) in [6.07, 6.45) is 1.12. The van der Waals surface area contributed by atoms with E-state index in [9.17, 15) is 9.90 Å². The zero-order valence-electron chi connectivity index (χ0n) is 9.67. The fourth-order valence-electron chi connectivity index (χ4n) is 1.59. The molecule has 0 fully saturated rings. The molecule has 2 aromatic carbocycles. The van der Waals surface area contributed by atoms with Crippen molar-refractivity contribution in [2.75, 3.05) is 0 Å². The third kappa shape index (κ3) is 2.58. The topological polar surface area (TPSA) is 46.5 Å². The average Bonchev–Trinajstić information content (AvgIpc) is 2.40. The van der Waals surface area contributed by atoms with E-state index in [4.69, 9.17) is 4.74 Å². The third-order valence-corrected chi connectivity index (χ3v) is 2.44. The van der Waals surface area contributed by atoms with Crippen LogP contribution in [0.1, 0.15) is 0 Å². The molecule has 0 heterocycles. The van der Waals surface area contributed by atoms with Crippen LogP contribution in [0.4, 0.5) is 0 Å². The molecule has 0 spiro atoms. The molecule has 0 atom stereocenters. The molecule has 1 N–H and O–H groups in total. The normalized spacial score (nSPS) is 9.78. The second kappa shape index (κ2) is 5.19. The van der Waals surface area contributed by atoms with Gasteiger partial charge in [-0.1, -0.05) is 36.9 Å². The second-order valence-electron chi connectivity index (χ2n) is 3.67. The maximum atomic E-state index is 11.2. The lowest BCUT2D eigenvalue weighted by Crippen LogP contribution is -2.03. The summed E-state index contributed by atoms with van der Waals surface area (Å²) in [5, 5.41) is 9.26. The Morgan fingerprint density at radius 3 is 2.44 bits per heavy atom. The highest BCUT2D eigenvalue weighted by molar-refractivity contribution is 5.85. The summed E-state index contributed by atoms with van der Waals surface area (Å²) in [5.41, 5.74) is 1.65. The van der Waals surface area contributed by atoms with Crippen LogP contribution in [0.3, 0.4) is 0 Å². The molecule has 0 aliphatic heterocycles. The van der Waals surface area contributed by atoms with Crippen molar-refractivity contribution in [3.8, 4) is 22.6 Å². The van der Waals surface area contributed by atoms with E-state index in [1.165, 1.54) is 0 Å². The van der Waals surface area contributed by atoms with E-state index in [0.29, 0.717) is 5.75 Å². The number of aromatic hydroxyl groups is 1. The van der Waals surface area contributed by atoms with Gasteiger partial charge in [-0.05, 0) is 23.8 Å². The van der Waals surface area contributed by atoms with Crippen LogP contribution < -0.4 is 4.74 Å². The Hall–Kier alpha value is -2.55. The molecular formula is C15H12O3. The molecule has 0 bridgehead atoms. The summed E-state index contributed by atoms with van der Waals surface area (Å²) in [7, 11) is 0. The lowest BCUT2D eigenvalue weighted by atomic mass is 10.0. The first kappa shape index (κ1) is 11.9. The van der Waals surface area contributed by atoms with Crippen LogP contribution in [-0.2, 0) is 4.79 Å². The number of carbonyl (C=O) groups excluding carboxylic acids is 1. The van der Waals surface area contributed by atoms with Crippen LogP contribution in [0.5, 0.6) is 11.5 Å². The van der Waals surface area contributed by atoms with Crippen molar-refractivity contribution in [2.45, 2.75) is 0 Å². The Morgan fingerprint density at radius 1 is 1.11 bits per heavy atom. The Labute approximate surface area is 105 Å². The van der Waals surface area contributed by atoms with Crippen LogP contribution in [0.25, 0.3) is 11.1 Å². The maximum Gasteiger partial charge on any atom is 0.335 e. The molecule has 2 rings (SSSR count). The van der Waals surface area contributed by atoms with Crippen molar-refractivity contribution < 1.29 is 14.6 Å². The zero-order valence-corrected chi connectivity index (χ0v) is 9.67. The van der Waals surface area contributed by atoms with Gasteiger partial charge in [0, 0.05) is 11.6 Å². The zero-order chi connectivity index (χ0) is 13.0. The van der Waals surface area contributed by atoms with Crippen molar-refractivity contribution in [1.82, 2.24) is 0 Å². The molecule has 0 saturated carbocycles. The Kier molecular flexibility index (Phi) is 3.44. The van der Waals surface area contributed by atoms with E-state index in [2.05, 4.69) is 6.58 Å². The molecule has 0 amide bonds. The number of benzene rings is 2. The van der Waals surface area contributed by atoms with Crippen LogP contribution in [0.15, 0.2) is 61.2 Å². The molecule has 0 aliphatic rings. The van der Waals surface area contributed by atoms with Gasteiger partial charge in [0.2, 0.25) is 0 Å². The summed E-state index contributed by atoms with van der Waals surface area (Å²) in [5.74, 6) is 0.161. The van der Waals surface area contributed by atoms with Crippen molar-refractivity contribution in [2.24, 2.45) is 0 Å². The van der Waals surface area contributed by atoms with Crippen molar-refractivity contribution >= 4 is 5.97 Å². The summed E-state index contributed by atoms with van der Waals surface area (Å²) >= 11 is 0. The number of hydrogen-bond acceptors (Lipinski definition) is 3. The minimum atomic E-state index is -0.499. The van der Waals surface area contributed by atoms with Gasteiger partial charge in [0.15, 0.2) is 0 Å². The summed E-state index contributed by atoms with van der Waals surface area (Å²) < 4.78 is 5.16. The molecule has 0 radical (unpaired) electrons. The number of phenols is 1. The first-order valence-electron chi connectivity index (χ1n) is 5.43. The molecule has 0 saturated heterocycles. The van der Waals surface area contributed by atoms with Crippen molar-refractivity contribution in [3.63, 3.8) is 0 Å². The molecule has 90 valence electrons. The Morgan fingerprint density at radius 2 is 1.78 bits per heavy atom. The Bertz CT molecular complexity index is 571. The van der Waals surface area contributed by atoms with Gasteiger partial charge < -0.3 is 9.84 Å². The number of carbonyl (C=O) groups is 1. The number of para-hydroxylation sites is 1. The minimum absolute atomic E-state index is 0.194. The van der Waals surface area contributed by atoms with Crippen molar-refractivity contribution in [1.29, 1.82) is 0 Å². The summed E-state index contributed by atoms with van der Waals surface area (Å²) in [4.78, 5) is 11.2. The van der Waals surface area contributed by atoms with Gasteiger partial charge in [-0.15, -0.1) is 0 Å². The highest BCUT2D eigenvalue weighted by Crippen LogP contribution is 2.30. The monoisotopic (exact) mass is 240 g/mol. The third-order valence-electron chi connectivity index (χ3n) is 2.44. The lowest BCUT2D eigenvalue weighted by molar-refractivity contribution is -0.128. The van der Waals surface area contributed by atoms with Crippen LogP contribution in [0, 0.1) is 0 Å². The van der Waals surface area contributed by atoms with Gasteiger partial charge in [0.25, 0.3) is 0 Å². The van der Waals surface area contributed by atoms with E-state index < -0.39 is 5.97 Å². The van der Waals surface area contributed by atoms with E-state index in [1.807, 2.05) is 12.1 Å². The SMILES string of the molecule is C=CC(=O)Oc1ccccc1-c1ccc(O)cc1. The predicted molar refractivity (Wildman–Crippen MR) is 69.4 cm³/mol. The smallest absolute Gasteiger partial charge is 0.335 e. The largest absolute Gasteiger partial charge is 0.508 e. The Balaban J connectivity index is 2.41. The molecule has 0 aromatic heterocycles. The van der Waals surface area contributed by atoms with E-state index in [0.717, 1.165) is 17.2 Å². The summed E-state index contributed by atoms with van der Waals surface area (Å²) in [6.45, 7) is 3.36. The lowest BCUT2D eigenvalue weighted by Gasteiger charge is -2.08. The fraction of sp³-hybridized carbons (Fsp3) is 0. The van der Waals surface area contributed by atoms with Gasteiger partial charge in [0.05, 0.1) is 0 Å². The van der Waals surface area contributed by atoms with Gasteiger partial charge in [-0.3, -0.25) is 0 Å². The number of phenolic OH excluding ortho intramolecular Hbond substituents is 1. The van der Waals surface area contributed by atoms with Gasteiger partial charge in [-0.2, -0.15) is 0 Å². The van der Waals surface area contributed by atoms with Gasteiger partial charge in [-0.25, -0.2) is 4.79 Å². The maximum absolute atomic E-state index is 11.2. The second-order valence-corrected chi connectivity index (χ2v) is 3.67. The minimum Gasteiger partial charge on any atom is -0.508 e. The standard InChI is InChI=1S/C15H12O3/c1-2-15(17)18-14-6-4-3-5-13(14)11-7-9-12(16)10-8-11/h2-10,16H,1H2. The van der Waals surface area contributed by atoms with E-state index in [-0.39, 0.29) is 5.75 Å². The molecule has 18 heavy (non-hydrogen) atoms. The average molecular weight is 240 g/mol.